The molecule has 2 heteroatoms. The Kier molecular flexibility index (Phi) is 1.29. The van der Waals surface area contributed by atoms with Gasteiger partial charge in [0.2, 0.25) is 0 Å². The lowest BCUT2D eigenvalue weighted by Gasteiger charge is -1.95. The van der Waals surface area contributed by atoms with Gasteiger partial charge in [0, 0.05) is 17.8 Å². The number of rotatable bonds is 0. The summed E-state index contributed by atoms with van der Waals surface area (Å²) in [6.07, 6.45) is 6.04. The first-order valence-corrected chi connectivity index (χ1v) is 4.69. The molecule has 0 aromatic carbocycles. The van der Waals surface area contributed by atoms with Gasteiger partial charge in [-0.15, -0.1) is 0 Å². The molecule has 2 aliphatic rings. The summed E-state index contributed by atoms with van der Waals surface area (Å²) in [6.45, 7) is 0. The highest BCUT2D eigenvalue weighted by molar-refractivity contribution is 5.44. The molecule has 1 saturated carbocycles. The first kappa shape index (κ1) is 7.13. The van der Waals surface area contributed by atoms with Gasteiger partial charge in [-0.3, -0.25) is 4.98 Å². The maximum Gasteiger partial charge on any atom is 0.102 e. The van der Waals surface area contributed by atoms with Gasteiger partial charge < -0.3 is 5.11 Å². The maximum absolute atomic E-state index is 9.80. The Morgan fingerprint density at radius 2 is 2.38 bits per heavy atom. The number of aliphatic hydroxyl groups excluding tert-OH is 1. The van der Waals surface area contributed by atoms with E-state index in [4.69, 9.17) is 0 Å². The molecule has 2 atom stereocenters. The molecule has 1 fully saturated rings. The molecule has 1 aromatic rings. The molecule has 2 aliphatic carbocycles. The van der Waals surface area contributed by atoms with Crippen LogP contribution < -0.4 is 10.6 Å². The van der Waals surface area contributed by atoms with Gasteiger partial charge in [-0.2, -0.15) is 0 Å². The van der Waals surface area contributed by atoms with Crippen LogP contribution in [0, 0.1) is 11.8 Å². The van der Waals surface area contributed by atoms with E-state index in [2.05, 4.69) is 11.1 Å². The smallest absolute Gasteiger partial charge is 0.102 e. The Morgan fingerprint density at radius 1 is 1.46 bits per heavy atom. The number of nitrogens with zero attached hydrogens (tertiary/aromatic N) is 1. The average molecular weight is 173 g/mol. The third kappa shape index (κ3) is 1.05. The molecular formula is C11H11NO. The van der Waals surface area contributed by atoms with Crippen LogP contribution in [0.5, 0.6) is 0 Å². The molecule has 0 bridgehead atoms. The number of hydrogen-bond acceptors (Lipinski definition) is 2. The summed E-state index contributed by atoms with van der Waals surface area (Å²) < 4.78 is 0. The van der Waals surface area contributed by atoms with Crippen molar-refractivity contribution in [2.75, 3.05) is 0 Å². The fraction of sp³-hybridized carbons (Fsp3) is 0.364. The second-order valence-electron chi connectivity index (χ2n) is 3.91. The summed E-state index contributed by atoms with van der Waals surface area (Å²) >= 11 is 0. The molecule has 1 heterocycles. The van der Waals surface area contributed by atoms with Crippen LogP contribution in [0.1, 0.15) is 12.8 Å². The van der Waals surface area contributed by atoms with Crippen LogP contribution in [-0.4, -0.2) is 10.1 Å². The molecule has 2 nitrogen and oxygen atoms in total. The van der Waals surface area contributed by atoms with Crippen molar-refractivity contribution < 1.29 is 5.11 Å². The van der Waals surface area contributed by atoms with Crippen molar-refractivity contribution in [1.29, 1.82) is 0 Å². The van der Waals surface area contributed by atoms with Crippen molar-refractivity contribution >= 4 is 11.8 Å². The van der Waals surface area contributed by atoms with Crippen LogP contribution in [-0.2, 0) is 0 Å². The third-order valence-electron chi connectivity index (χ3n) is 2.95. The molecule has 1 unspecified atom stereocenters. The van der Waals surface area contributed by atoms with Gasteiger partial charge in [-0.05, 0) is 30.4 Å². The van der Waals surface area contributed by atoms with Crippen molar-refractivity contribution in [2.45, 2.75) is 12.8 Å². The Hall–Kier alpha value is -1.31. The topological polar surface area (TPSA) is 33.1 Å². The number of aliphatic hydroxyl groups is 1. The predicted octanol–water partition coefficient (Wildman–Crippen LogP) is 0.568. The third-order valence-corrected chi connectivity index (χ3v) is 2.95. The van der Waals surface area contributed by atoms with Crippen LogP contribution in [0.4, 0.5) is 0 Å². The van der Waals surface area contributed by atoms with E-state index in [0.29, 0.717) is 17.6 Å². The lowest BCUT2D eigenvalue weighted by atomic mass is 10.2. The second-order valence-corrected chi connectivity index (χ2v) is 3.91. The van der Waals surface area contributed by atoms with Gasteiger partial charge in [-0.25, -0.2) is 0 Å². The van der Waals surface area contributed by atoms with Gasteiger partial charge in [0.25, 0.3) is 0 Å². The van der Waals surface area contributed by atoms with Gasteiger partial charge in [0.15, 0.2) is 0 Å². The highest BCUT2D eigenvalue weighted by atomic mass is 16.3. The Labute approximate surface area is 76.2 Å². The maximum atomic E-state index is 9.80. The number of pyridine rings is 1. The molecule has 66 valence electrons. The first-order chi connectivity index (χ1) is 6.34. The van der Waals surface area contributed by atoms with E-state index in [9.17, 15) is 5.11 Å². The highest BCUT2D eigenvalue weighted by Crippen LogP contribution is 2.44. The second kappa shape index (κ2) is 2.34. The molecular weight excluding hydrogens is 162 g/mol. The van der Waals surface area contributed by atoms with Gasteiger partial charge in [0.1, 0.15) is 5.76 Å². The van der Waals surface area contributed by atoms with E-state index < -0.39 is 0 Å². The van der Waals surface area contributed by atoms with Crippen LogP contribution in [0.2, 0.25) is 0 Å². The zero-order valence-electron chi connectivity index (χ0n) is 7.27. The van der Waals surface area contributed by atoms with Crippen LogP contribution in [0.3, 0.4) is 0 Å². The molecule has 1 aromatic heterocycles. The zero-order chi connectivity index (χ0) is 8.84. The summed E-state index contributed by atoms with van der Waals surface area (Å²) in [5.41, 5.74) is 0. The SMILES string of the molecule is OC1=c2cccnc2=CC2C[C@@H]2C1. The van der Waals surface area contributed by atoms with E-state index in [0.717, 1.165) is 17.0 Å². The lowest BCUT2D eigenvalue weighted by molar-refractivity contribution is 0.468. The summed E-state index contributed by atoms with van der Waals surface area (Å²) in [6, 6.07) is 3.82. The lowest BCUT2D eigenvalue weighted by Crippen LogP contribution is -2.29. The zero-order valence-corrected chi connectivity index (χ0v) is 7.27. The average Bonchev–Trinajstić information content (AvgIpc) is 2.83. The van der Waals surface area contributed by atoms with Crippen molar-refractivity contribution in [3.05, 3.63) is 28.9 Å². The molecule has 0 spiro atoms. The van der Waals surface area contributed by atoms with E-state index in [1.165, 1.54) is 6.42 Å². The van der Waals surface area contributed by atoms with Crippen molar-refractivity contribution in [3.8, 4) is 0 Å². The van der Waals surface area contributed by atoms with Crippen LogP contribution >= 0.6 is 0 Å². The fourth-order valence-electron chi connectivity index (χ4n) is 2.07. The molecule has 0 saturated heterocycles. The van der Waals surface area contributed by atoms with Crippen LogP contribution in [0.15, 0.2) is 18.3 Å². The number of fused-ring (bicyclic) bond motifs is 2. The summed E-state index contributed by atoms with van der Waals surface area (Å²) in [7, 11) is 0. The molecule has 1 N–H and O–H groups in total. The molecule has 0 aliphatic heterocycles. The van der Waals surface area contributed by atoms with E-state index in [1.807, 2.05) is 12.1 Å². The van der Waals surface area contributed by atoms with Gasteiger partial charge in [-0.1, -0.05) is 6.08 Å². The normalized spacial score (nSPS) is 29.7. The Balaban J connectivity index is 2.37. The molecule has 0 radical (unpaired) electrons. The van der Waals surface area contributed by atoms with Crippen molar-refractivity contribution in [2.24, 2.45) is 11.8 Å². The van der Waals surface area contributed by atoms with E-state index >= 15 is 0 Å². The number of hydrogen-bond donors (Lipinski definition) is 1. The molecule has 13 heavy (non-hydrogen) atoms. The molecule has 3 rings (SSSR count). The Morgan fingerprint density at radius 3 is 3.31 bits per heavy atom. The number of aromatic nitrogens is 1. The first-order valence-electron chi connectivity index (χ1n) is 4.69. The minimum atomic E-state index is 0.518. The fourth-order valence-corrected chi connectivity index (χ4v) is 2.07. The van der Waals surface area contributed by atoms with Crippen LogP contribution in [0.25, 0.3) is 11.8 Å². The van der Waals surface area contributed by atoms with Gasteiger partial charge >= 0.3 is 0 Å². The highest BCUT2D eigenvalue weighted by Gasteiger charge is 2.36. The largest absolute Gasteiger partial charge is 0.512 e. The summed E-state index contributed by atoms with van der Waals surface area (Å²) in [5, 5.41) is 11.7. The Bertz CT molecular complexity index is 463. The standard InChI is InChI=1S/C11H11NO/c13-11-6-8-4-7(8)5-10-9(11)2-1-3-12-10/h1-3,5,7-8,13H,4,6H2/t7?,8-/m1/s1. The van der Waals surface area contributed by atoms with Gasteiger partial charge in [0.05, 0.1) is 5.35 Å². The summed E-state index contributed by atoms with van der Waals surface area (Å²) in [4.78, 5) is 4.27. The van der Waals surface area contributed by atoms with Crippen molar-refractivity contribution in [1.82, 2.24) is 4.98 Å². The monoisotopic (exact) mass is 173 g/mol. The van der Waals surface area contributed by atoms with Crippen molar-refractivity contribution in [3.63, 3.8) is 0 Å². The molecule has 0 amide bonds. The minimum Gasteiger partial charge on any atom is -0.512 e. The summed E-state index contributed by atoms with van der Waals surface area (Å²) in [5.74, 6) is 1.86. The quantitative estimate of drug-likeness (QED) is 0.622. The predicted molar refractivity (Wildman–Crippen MR) is 50.2 cm³/mol. The minimum absolute atomic E-state index is 0.518. The van der Waals surface area contributed by atoms with E-state index in [-0.39, 0.29) is 0 Å². The van der Waals surface area contributed by atoms with E-state index in [1.54, 1.807) is 6.20 Å².